The van der Waals surface area contributed by atoms with Crippen LogP contribution in [0.5, 0.6) is 0 Å². The average molecular weight is 273 g/mol. The summed E-state index contributed by atoms with van der Waals surface area (Å²) in [6.45, 7) is 0.610. The van der Waals surface area contributed by atoms with Gasteiger partial charge >= 0.3 is 5.97 Å². The van der Waals surface area contributed by atoms with E-state index in [1.165, 1.54) is 4.90 Å². The van der Waals surface area contributed by atoms with E-state index in [-0.39, 0.29) is 0 Å². The van der Waals surface area contributed by atoms with Crippen LogP contribution in [0.3, 0.4) is 0 Å². The number of rotatable bonds is 5. The van der Waals surface area contributed by atoms with Gasteiger partial charge < -0.3 is 10.4 Å². The number of hydrogen-bond acceptors (Lipinski definition) is 3. The highest BCUT2D eigenvalue weighted by Gasteiger charge is 2.08. The van der Waals surface area contributed by atoms with Gasteiger partial charge in [0.15, 0.2) is 0 Å². The van der Waals surface area contributed by atoms with Crippen LogP contribution in [-0.2, 0) is 6.54 Å². The third kappa shape index (κ3) is 3.51. The molecule has 0 atom stereocenters. The van der Waals surface area contributed by atoms with E-state index in [1.54, 1.807) is 30.0 Å². The minimum atomic E-state index is -0.916. The Labute approximate surface area is 116 Å². The van der Waals surface area contributed by atoms with E-state index >= 15 is 0 Å². The predicted octanol–water partition coefficient (Wildman–Crippen LogP) is 3.72. The van der Waals surface area contributed by atoms with Gasteiger partial charge in [-0.1, -0.05) is 24.3 Å². The van der Waals surface area contributed by atoms with Crippen LogP contribution in [-0.4, -0.2) is 17.3 Å². The Hall–Kier alpha value is -1.94. The lowest BCUT2D eigenvalue weighted by Gasteiger charge is -2.09. The van der Waals surface area contributed by atoms with Crippen LogP contribution in [0.25, 0.3) is 0 Å². The van der Waals surface area contributed by atoms with Gasteiger partial charge in [-0.25, -0.2) is 4.79 Å². The average Bonchev–Trinajstić information content (AvgIpc) is 2.46. The minimum absolute atomic E-state index is 0.295. The first-order valence-corrected chi connectivity index (χ1v) is 7.12. The Morgan fingerprint density at radius 2 is 1.84 bits per heavy atom. The number of carbonyl (C=O) groups is 1. The zero-order valence-corrected chi connectivity index (χ0v) is 11.4. The number of anilines is 1. The van der Waals surface area contributed by atoms with E-state index in [0.717, 1.165) is 5.56 Å². The van der Waals surface area contributed by atoms with E-state index in [1.807, 2.05) is 24.5 Å². The zero-order valence-electron chi connectivity index (χ0n) is 10.6. The fourth-order valence-corrected chi connectivity index (χ4v) is 2.17. The van der Waals surface area contributed by atoms with Crippen molar-refractivity contribution < 1.29 is 9.90 Å². The molecule has 19 heavy (non-hydrogen) atoms. The van der Waals surface area contributed by atoms with Crippen molar-refractivity contribution in [1.29, 1.82) is 0 Å². The van der Waals surface area contributed by atoms with Gasteiger partial charge in [0.25, 0.3) is 0 Å². The smallest absolute Gasteiger partial charge is 0.337 e. The highest BCUT2D eigenvalue weighted by Crippen LogP contribution is 2.18. The molecule has 4 heteroatoms. The van der Waals surface area contributed by atoms with Gasteiger partial charge in [-0.3, -0.25) is 0 Å². The lowest BCUT2D eigenvalue weighted by atomic mass is 10.1. The molecule has 2 aromatic carbocycles. The van der Waals surface area contributed by atoms with E-state index in [0.29, 0.717) is 17.8 Å². The third-order valence-electron chi connectivity index (χ3n) is 2.80. The lowest BCUT2D eigenvalue weighted by molar-refractivity contribution is 0.0698. The molecule has 0 aliphatic heterocycles. The fourth-order valence-electron chi connectivity index (χ4n) is 1.76. The molecule has 0 heterocycles. The predicted molar refractivity (Wildman–Crippen MR) is 79.0 cm³/mol. The quantitative estimate of drug-likeness (QED) is 0.815. The molecule has 0 aromatic heterocycles. The second-order valence-electron chi connectivity index (χ2n) is 4.05. The number of nitrogens with one attached hydrogen (secondary N) is 1. The second kappa shape index (κ2) is 6.29. The molecule has 0 saturated carbocycles. The molecule has 3 nitrogen and oxygen atoms in total. The van der Waals surface area contributed by atoms with Crippen molar-refractivity contribution in [3.8, 4) is 0 Å². The molecular weight excluding hydrogens is 258 g/mol. The number of benzene rings is 2. The largest absolute Gasteiger partial charge is 0.478 e. The summed E-state index contributed by atoms with van der Waals surface area (Å²) < 4.78 is 0. The van der Waals surface area contributed by atoms with Gasteiger partial charge in [-0.15, -0.1) is 11.8 Å². The number of carboxylic acid groups (broad SMARTS) is 1. The van der Waals surface area contributed by atoms with Crippen molar-refractivity contribution in [3.05, 3.63) is 59.7 Å². The number of aromatic carboxylic acids is 1. The normalized spacial score (nSPS) is 10.2. The first-order valence-electron chi connectivity index (χ1n) is 5.90. The number of carboxylic acids is 1. The summed E-state index contributed by atoms with van der Waals surface area (Å²) in [6.07, 6.45) is 2.04. The molecule has 0 amide bonds. The van der Waals surface area contributed by atoms with E-state index < -0.39 is 5.97 Å². The lowest BCUT2D eigenvalue weighted by Crippen LogP contribution is -2.06. The van der Waals surface area contributed by atoms with Crippen LogP contribution in [0.15, 0.2) is 53.4 Å². The van der Waals surface area contributed by atoms with Gasteiger partial charge in [0, 0.05) is 17.1 Å². The standard InChI is InChI=1S/C15H15NO2S/c1-19-12-8-6-11(7-9-12)10-16-14-5-3-2-4-13(14)15(17)18/h2-9,16H,10H2,1H3,(H,17,18). The summed E-state index contributed by atoms with van der Waals surface area (Å²) in [7, 11) is 0. The SMILES string of the molecule is CSc1ccc(CNc2ccccc2C(=O)O)cc1. The molecule has 0 unspecified atom stereocenters. The van der Waals surface area contributed by atoms with Crippen molar-refractivity contribution in [1.82, 2.24) is 0 Å². The van der Waals surface area contributed by atoms with Gasteiger partial charge in [-0.2, -0.15) is 0 Å². The van der Waals surface area contributed by atoms with Crippen LogP contribution < -0.4 is 5.32 Å². The zero-order chi connectivity index (χ0) is 13.7. The van der Waals surface area contributed by atoms with Gasteiger partial charge in [-0.05, 0) is 36.1 Å². The molecule has 2 rings (SSSR count). The van der Waals surface area contributed by atoms with Crippen LogP contribution in [0.4, 0.5) is 5.69 Å². The molecule has 0 spiro atoms. The summed E-state index contributed by atoms with van der Waals surface area (Å²) in [5, 5.41) is 12.2. The molecule has 0 aliphatic rings. The Kier molecular flexibility index (Phi) is 4.47. The third-order valence-corrected chi connectivity index (χ3v) is 3.54. The highest BCUT2D eigenvalue weighted by atomic mass is 32.2. The summed E-state index contributed by atoms with van der Waals surface area (Å²) in [5.41, 5.74) is 2.06. The van der Waals surface area contributed by atoms with E-state index in [2.05, 4.69) is 17.4 Å². The molecule has 2 aromatic rings. The van der Waals surface area contributed by atoms with Crippen LogP contribution in [0.1, 0.15) is 15.9 Å². The first-order chi connectivity index (χ1) is 9.20. The second-order valence-corrected chi connectivity index (χ2v) is 4.93. The first kappa shape index (κ1) is 13.5. The van der Waals surface area contributed by atoms with Crippen molar-refractivity contribution >= 4 is 23.4 Å². The fraction of sp³-hybridized carbons (Fsp3) is 0.133. The van der Waals surface area contributed by atoms with Crippen LogP contribution in [0.2, 0.25) is 0 Å². The van der Waals surface area contributed by atoms with Crippen LogP contribution in [0, 0.1) is 0 Å². The summed E-state index contributed by atoms with van der Waals surface area (Å²) >= 11 is 1.70. The molecule has 98 valence electrons. The number of thioether (sulfide) groups is 1. The highest BCUT2D eigenvalue weighted by molar-refractivity contribution is 7.98. The van der Waals surface area contributed by atoms with E-state index in [9.17, 15) is 4.79 Å². The summed E-state index contributed by atoms with van der Waals surface area (Å²) in [6, 6.07) is 15.1. The van der Waals surface area contributed by atoms with Gasteiger partial charge in [0.1, 0.15) is 0 Å². The summed E-state index contributed by atoms with van der Waals surface area (Å²) in [4.78, 5) is 12.3. The monoisotopic (exact) mass is 273 g/mol. The maximum absolute atomic E-state index is 11.1. The number of para-hydroxylation sites is 1. The Morgan fingerprint density at radius 1 is 1.16 bits per heavy atom. The Bertz CT molecular complexity index is 567. The van der Waals surface area contributed by atoms with Crippen molar-refractivity contribution in [2.45, 2.75) is 11.4 Å². The molecule has 0 saturated heterocycles. The maximum atomic E-state index is 11.1. The maximum Gasteiger partial charge on any atom is 0.337 e. The van der Waals surface area contributed by atoms with Crippen molar-refractivity contribution in [2.75, 3.05) is 11.6 Å². The topological polar surface area (TPSA) is 49.3 Å². The molecule has 0 fully saturated rings. The molecule has 0 bridgehead atoms. The van der Waals surface area contributed by atoms with Crippen molar-refractivity contribution in [2.24, 2.45) is 0 Å². The Morgan fingerprint density at radius 3 is 2.47 bits per heavy atom. The Balaban J connectivity index is 2.07. The molecular formula is C15H15NO2S. The molecule has 0 radical (unpaired) electrons. The minimum Gasteiger partial charge on any atom is -0.478 e. The van der Waals surface area contributed by atoms with Gasteiger partial charge in [0.2, 0.25) is 0 Å². The van der Waals surface area contributed by atoms with Gasteiger partial charge in [0.05, 0.1) is 5.56 Å². The summed E-state index contributed by atoms with van der Waals surface area (Å²) in [5.74, 6) is -0.916. The van der Waals surface area contributed by atoms with Crippen molar-refractivity contribution in [3.63, 3.8) is 0 Å². The number of hydrogen-bond donors (Lipinski definition) is 2. The van der Waals surface area contributed by atoms with Crippen LogP contribution >= 0.6 is 11.8 Å². The molecule has 0 aliphatic carbocycles. The molecule has 2 N–H and O–H groups in total. The van der Waals surface area contributed by atoms with E-state index in [4.69, 9.17) is 5.11 Å².